The monoisotopic (exact) mass is 853 g/mol. The molecule has 0 aliphatic carbocycles. The number of benzene rings is 3. The SMILES string of the molecule is CO[C@H]1/C=C/O[C@@]2(C)Oc3c(C)c(=O)c4c(O)c(c5oc6cc(OC7CCNCC7)ccc6nc5c4c3C2=O)NC(=O)/C(C)=C\C=C\[C@H](C)[C@@H]2O[C@H]([C@H](O)[C@@H]2C)[C@H](OC(C)=O)C1. The van der Waals surface area contributed by atoms with Gasteiger partial charge in [0.2, 0.25) is 0 Å². The maximum absolute atomic E-state index is 14.7. The Labute approximate surface area is 356 Å². The van der Waals surface area contributed by atoms with Crippen LogP contribution in [0.25, 0.3) is 33.0 Å². The third-order valence-corrected chi connectivity index (χ3v) is 12.3. The van der Waals surface area contributed by atoms with Gasteiger partial charge in [-0.2, -0.15) is 0 Å². The molecule has 7 bridgehead atoms. The van der Waals surface area contributed by atoms with E-state index >= 15 is 0 Å². The molecule has 4 N–H and O–H groups in total. The zero-order valence-corrected chi connectivity index (χ0v) is 35.6. The first-order valence-electron chi connectivity index (χ1n) is 20.9. The number of ketones is 1. The number of hydrogen-bond donors (Lipinski definition) is 4. The van der Waals surface area contributed by atoms with E-state index in [9.17, 15) is 29.4 Å². The van der Waals surface area contributed by atoms with E-state index in [0.29, 0.717) is 11.3 Å². The molecule has 3 aromatic carbocycles. The molecule has 5 aliphatic heterocycles. The number of nitrogens with zero attached hydrogens (tertiary/aromatic N) is 1. The lowest BCUT2D eigenvalue weighted by Gasteiger charge is -2.28. The van der Waals surface area contributed by atoms with Crippen molar-refractivity contribution in [3.8, 4) is 17.2 Å². The van der Waals surface area contributed by atoms with Gasteiger partial charge in [-0.25, -0.2) is 4.98 Å². The number of carbonyl (C=O) groups is 3. The van der Waals surface area contributed by atoms with Gasteiger partial charge in [0.1, 0.15) is 46.5 Å². The second kappa shape index (κ2) is 16.8. The molecule has 16 heteroatoms. The number of aromatic hydroxyl groups is 1. The highest BCUT2D eigenvalue weighted by molar-refractivity contribution is 6.26. The zero-order chi connectivity index (χ0) is 44.2. The largest absolute Gasteiger partial charge is 0.505 e. The van der Waals surface area contributed by atoms with Gasteiger partial charge in [0, 0.05) is 61.8 Å². The maximum atomic E-state index is 14.7. The van der Waals surface area contributed by atoms with Crippen LogP contribution in [0.2, 0.25) is 0 Å². The number of ether oxygens (including phenoxy) is 6. The van der Waals surface area contributed by atoms with Crippen LogP contribution in [0.3, 0.4) is 0 Å². The fourth-order valence-corrected chi connectivity index (χ4v) is 8.81. The second-order valence-electron chi connectivity index (χ2n) is 16.7. The van der Waals surface area contributed by atoms with Crippen molar-refractivity contribution in [2.45, 2.75) is 103 Å². The van der Waals surface area contributed by atoms with Gasteiger partial charge in [-0.15, -0.1) is 0 Å². The second-order valence-corrected chi connectivity index (χ2v) is 16.7. The van der Waals surface area contributed by atoms with Crippen molar-refractivity contribution in [1.82, 2.24) is 10.3 Å². The molecular weight excluding hydrogens is 803 g/mol. The lowest BCUT2D eigenvalue weighted by molar-refractivity contribution is -0.161. The molecule has 328 valence electrons. The standard InChI is InChI=1S/C46H51N3O13/c1-21-9-8-10-22(2)45(55)49-36-39(53)33-32(35-43(36)60-30-20-28(11-12-29(30)48-35)59-26-13-16-47-17-14-26)34-41(23(3)37(33)51)62-46(6,44(34)54)57-18-15-27(56-7)19-31(58-25(5)50)42-38(52)24(4)40(21)61-42/h8-12,15,18,20-21,24,26-27,31,38,40,42,47,52-53H,13-14,16-17,19H2,1-7H3,(H,49,55)/b9-8+,18-15+,22-10-/t21-,24-,27-,31+,38+,40-,42-,46-/m0/s1. The van der Waals surface area contributed by atoms with Crippen molar-refractivity contribution in [3.63, 3.8) is 0 Å². The summed E-state index contributed by atoms with van der Waals surface area (Å²) in [5.41, 5.74) is -0.248. The predicted molar refractivity (Wildman–Crippen MR) is 227 cm³/mol. The van der Waals surface area contributed by atoms with Crippen molar-refractivity contribution in [2.24, 2.45) is 11.8 Å². The number of esters is 1. The Morgan fingerprint density at radius 1 is 1.05 bits per heavy atom. The maximum Gasteiger partial charge on any atom is 0.312 e. The van der Waals surface area contributed by atoms with Gasteiger partial charge in [0.15, 0.2) is 22.3 Å². The Morgan fingerprint density at radius 3 is 2.53 bits per heavy atom. The lowest BCUT2D eigenvalue weighted by Crippen LogP contribution is -2.41. The lowest BCUT2D eigenvalue weighted by atomic mass is 9.88. The highest BCUT2D eigenvalue weighted by Gasteiger charge is 2.50. The van der Waals surface area contributed by atoms with Crippen molar-refractivity contribution in [3.05, 3.63) is 75.7 Å². The highest BCUT2D eigenvalue weighted by atomic mass is 16.7. The number of methoxy groups -OCH3 is 1. The molecule has 1 aromatic heterocycles. The molecule has 5 aliphatic rings. The van der Waals surface area contributed by atoms with E-state index in [0.717, 1.165) is 25.9 Å². The summed E-state index contributed by atoms with van der Waals surface area (Å²) in [5.74, 6) is -4.74. The number of phenols is 1. The van der Waals surface area contributed by atoms with Gasteiger partial charge < -0.3 is 53.7 Å². The third-order valence-electron chi connectivity index (χ3n) is 12.3. The molecule has 0 saturated carbocycles. The Bertz CT molecular complexity index is 2630. The number of Topliss-reactive ketones (excluding diaryl/α,β-unsaturated/α-hetero) is 1. The van der Waals surface area contributed by atoms with Gasteiger partial charge in [-0.05, 0) is 58.0 Å². The molecule has 0 spiro atoms. The zero-order valence-electron chi connectivity index (χ0n) is 35.6. The van der Waals surface area contributed by atoms with Crippen molar-refractivity contribution >= 4 is 56.3 Å². The molecule has 9 rings (SSSR count). The fraction of sp³-hybridized carbons (Fsp3) is 0.457. The summed E-state index contributed by atoms with van der Waals surface area (Å²) in [6, 6.07) is 5.13. The first-order chi connectivity index (χ1) is 29.6. The molecule has 2 fully saturated rings. The van der Waals surface area contributed by atoms with Crippen LogP contribution < -0.4 is 25.5 Å². The normalized spacial score (nSPS) is 30.3. The van der Waals surface area contributed by atoms with E-state index in [4.69, 9.17) is 37.8 Å². The van der Waals surface area contributed by atoms with Crippen LogP contribution in [-0.2, 0) is 28.5 Å². The number of hydrogen-bond acceptors (Lipinski definition) is 15. The smallest absolute Gasteiger partial charge is 0.312 e. The molecule has 2 saturated heterocycles. The van der Waals surface area contributed by atoms with Gasteiger partial charge in [-0.1, -0.05) is 32.1 Å². The number of aliphatic hydroxyl groups is 1. The number of fused-ring (bicyclic) bond motifs is 9. The van der Waals surface area contributed by atoms with Gasteiger partial charge in [0.05, 0.1) is 35.5 Å². The van der Waals surface area contributed by atoms with Crippen LogP contribution in [0.15, 0.2) is 63.6 Å². The van der Waals surface area contributed by atoms with E-state index in [2.05, 4.69) is 10.6 Å². The molecule has 16 nitrogen and oxygen atoms in total. The van der Waals surface area contributed by atoms with E-state index in [1.165, 1.54) is 40.2 Å². The predicted octanol–water partition coefficient (Wildman–Crippen LogP) is 5.65. The van der Waals surface area contributed by atoms with Gasteiger partial charge in [0.25, 0.3) is 11.7 Å². The van der Waals surface area contributed by atoms with Gasteiger partial charge >= 0.3 is 11.8 Å². The summed E-state index contributed by atoms with van der Waals surface area (Å²) in [6.07, 6.45) is 5.41. The van der Waals surface area contributed by atoms with Crippen LogP contribution in [0.4, 0.5) is 5.69 Å². The number of amides is 1. The molecule has 8 atom stereocenters. The molecule has 1 amide bonds. The number of allylic oxidation sites excluding steroid dienone is 2. The van der Waals surface area contributed by atoms with E-state index in [1.807, 2.05) is 19.9 Å². The quantitative estimate of drug-likeness (QED) is 0.0845. The van der Waals surface area contributed by atoms with E-state index < -0.39 is 65.1 Å². The minimum Gasteiger partial charge on any atom is -0.505 e. The molecule has 6 heterocycles. The van der Waals surface area contributed by atoms with Crippen LogP contribution in [-0.4, -0.2) is 95.5 Å². The Balaban J connectivity index is 1.30. The Morgan fingerprint density at radius 2 is 1.81 bits per heavy atom. The number of nitrogens with one attached hydrogen (secondary N) is 2. The van der Waals surface area contributed by atoms with Crippen LogP contribution in [0.1, 0.15) is 69.8 Å². The molecule has 62 heavy (non-hydrogen) atoms. The van der Waals surface area contributed by atoms with Crippen LogP contribution in [0.5, 0.6) is 17.2 Å². The van der Waals surface area contributed by atoms with Crippen LogP contribution in [0, 0.1) is 18.8 Å². The van der Waals surface area contributed by atoms with Gasteiger partial charge in [-0.3, -0.25) is 19.2 Å². The fourth-order valence-electron chi connectivity index (χ4n) is 8.81. The minimum atomic E-state index is -2.02. The number of piperidine rings is 1. The average molecular weight is 854 g/mol. The number of aliphatic hydroxyl groups excluding tert-OH is 1. The van der Waals surface area contributed by atoms with Crippen molar-refractivity contribution < 1.29 is 57.4 Å². The molecule has 0 radical (unpaired) electrons. The highest BCUT2D eigenvalue weighted by Crippen LogP contribution is 2.48. The van der Waals surface area contributed by atoms with Crippen molar-refractivity contribution in [1.29, 1.82) is 0 Å². The first kappa shape index (κ1) is 42.9. The first-order valence-corrected chi connectivity index (χ1v) is 20.9. The Kier molecular flexibility index (Phi) is 11.6. The number of phenolic OH excluding ortho intramolecular Hbond substituents is 1. The summed E-state index contributed by atoms with van der Waals surface area (Å²) in [5, 5.41) is 29.2. The summed E-state index contributed by atoms with van der Waals surface area (Å²) in [4.78, 5) is 60.1. The molecular formula is C46H51N3O13. The third kappa shape index (κ3) is 7.69. The number of anilines is 1. The van der Waals surface area contributed by atoms with E-state index in [1.54, 1.807) is 37.3 Å². The van der Waals surface area contributed by atoms with Crippen LogP contribution >= 0.6 is 0 Å². The minimum absolute atomic E-state index is 0.00736. The summed E-state index contributed by atoms with van der Waals surface area (Å²) in [6.45, 7) is 11.1. The summed E-state index contributed by atoms with van der Waals surface area (Å²) in [7, 11) is 1.45. The molecule has 0 unspecified atom stereocenters. The number of aromatic nitrogens is 1. The summed E-state index contributed by atoms with van der Waals surface area (Å²) < 4.78 is 42.8. The van der Waals surface area contributed by atoms with Crippen molar-refractivity contribution in [2.75, 3.05) is 25.5 Å². The topological polar surface area (TPSA) is 214 Å². The number of carbonyl (C=O) groups excluding carboxylic acids is 3. The molecule has 4 aromatic rings. The summed E-state index contributed by atoms with van der Waals surface area (Å²) >= 11 is 0. The average Bonchev–Trinajstić information content (AvgIpc) is 3.69. The Hall–Kier alpha value is -5.81. The van der Waals surface area contributed by atoms with E-state index in [-0.39, 0.29) is 80.0 Å². The number of rotatable bonds is 4.